The zero-order chi connectivity index (χ0) is 15.0. The lowest BCUT2D eigenvalue weighted by Crippen LogP contribution is -2.30. The SMILES string of the molecule is CCOC(=O)CN(CC)Cc1ccc(OC)c(OC)c1. The van der Waals surface area contributed by atoms with Crippen LogP contribution in [0, 0.1) is 0 Å². The Labute approximate surface area is 120 Å². The number of carbonyl (C=O) groups excluding carboxylic acids is 1. The molecule has 0 aliphatic carbocycles. The van der Waals surface area contributed by atoms with Crippen molar-refractivity contribution in [2.75, 3.05) is 33.9 Å². The molecule has 20 heavy (non-hydrogen) atoms. The molecule has 1 aromatic carbocycles. The van der Waals surface area contributed by atoms with Crippen molar-refractivity contribution < 1.29 is 19.0 Å². The quantitative estimate of drug-likeness (QED) is 0.683. The third kappa shape index (κ3) is 4.74. The number of hydrogen-bond acceptors (Lipinski definition) is 5. The van der Waals surface area contributed by atoms with Gasteiger partial charge >= 0.3 is 5.97 Å². The first-order chi connectivity index (χ1) is 9.64. The van der Waals surface area contributed by atoms with Crippen LogP contribution in [0.1, 0.15) is 19.4 Å². The number of methoxy groups -OCH3 is 2. The molecule has 5 heteroatoms. The van der Waals surface area contributed by atoms with Crippen molar-refractivity contribution in [1.82, 2.24) is 4.90 Å². The predicted molar refractivity (Wildman–Crippen MR) is 77.1 cm³/mol. The van der Waals surface area contributed by atoms with E-state index < -0.39 is 0 Å². The largest absolute Gasteiger partial charge is 0.493 e. The molecule has 0 fully saturated rings. The van der Waals surface area contributed by atoms with Crippen LogP contribution in [0.2, 0.25) is 0 Å². The van der Waals surface area contributed by atoms with Crippen molar-refractivity contribution in [2.24, 2.45) is 0 Å². The molecule has 0 unspecified atom stereocenters. The number of carbonyl (C=O) groups is 1. The van der Waals surface area contributed by atoms with Gasteiger partial charge in [-0.15, -0.1) is 0 Å². The highest BCUT2D eigenvalue weighted by molar-refractivity contribution is 5.71. The Bertz CT molecular complexity index is 434. The lowest BCUT2D eigenvalue weighted by atomic mass is 10.2. The molecule has 0 aliphatic rings. The van der Waals surface area contributed by atoms with E-state index in [0.717, 1.165) is 12.1 Å². The van der Waals surface area contributed by atoms with Crippen molar-refractivity contribution in [2.45, 2.75) is 20.4 Å². The van der Waals surface area contributed by atoms with Gasteiger partial charge in [-0.2, -0.15) is 0 Å². The second-order valence-electron chi connectivity index (χ2n) is 4.30. The summed E-state index contributed by atoms with van der Waals surface area (Å²) in [6.45, 7) is 5.96. The zero-order valence-corrected chi connectivity index (χ0v) is 12.6. The molecule has 0 bridgehead atoms. The van der Waals surface area contributed by atoms with E-state index in [2.05, 4.69) is 0 Å². The summed E-state index contributed by atoms with van der Waals surface area (Å²) in [4.78, 5) is 13.5. The van der Waals surface area contributed by atoms with Gasteiger partial charge in [0.1, 0.15) is 0 Å². The number of hydrogen-bond donors (Lipinski definition) is 0. The van der Waals surface area contributed by atoms with Crippen LogP contribution in [-0.2, 0) is 16.1 Å². The Morgan fingerprint density at radius 3 is 2.40 bits per heavy atom. The van der Waals surface area contributed by atoms with E-state index in [0.29, 0.717) is 31.2 Å². The van der Waals surface area contributed by atoms with Crippen LogP contribution < -0.4 is 9.47 Å². The van der Waals surface area contributed by atoms with Crippen LogP contribution in [0.4, 0.5) is 0 Å². The summed E-state index contributed by atoms with van der Waals surface area (Å²) < 4.78 is 15.5. The predicted octanol–water partition coefficient (Wildman–Crippen LogP) is 2.09. The summed E-state index contributed by atoms with van der Waals surface area (Å²) in [7, 11) is 3.22. The molecule has 0 saturated heterocycles. The summed E-state index contributed by atoms with van der Waals surface area (Å²) in [5, 5.41) is 0. The highest BCUT2D eigenvalue weighted by Crippen LogP contribution is 2.27. The number of ether oxygens (including phenoxy) is 3. The van der Waals surface area contributed by atoms with Crippen molar-refractivity contribution in [3.8, 4) is 11.5 Å². The summed E-state index contributed by atoms with van der Waals surface area (Å²) in [6.07, 6.45) is 0. The third-order valence-electron chi connectivity index (χ3n) is 2.96. The van der Waals surface area contributed by atoms with E-state index in [1.54, 1.807) is 14.2 Å². The Morgan fingerprint density at radius 2 is 1.85 bits per heavy atom. The minimum absolute atomic E-state index is 0.199. The summed E-state index contributed by atoms with van der Waals surface area (Å²) in [5.41, 5.74) is 1.06. The molecule has 0 aromatic heterocycles. The molecule has 5 nitrogen and oxygen atoms in total. The summed E-state index contributed by atoms with van der Waals surface area (Å²) >= 11 is 0. The van der Waals surface area contributed by atoms with Crippen LogP contribution in [0.3, 0.4) is 0 Å². The number of likely N-dealkylation sites (N-methyl/N-ethyl adjacent to an activating group) is 1. The average Bonchev–Trinajstić information content (AvgIpc) is 2.46. The van der Waals surface area contributed by atoms with E-state index in [-0.39, 0.29) is 5.97 Å². The van der Waals surface area contributed by atoms with Crippen LogP contribution in [-0.4, -0.2) is 44.8 Å². The van der Waals surface area contributed by atoms with Crippen LogP contribution >= 0.6 is 0 Å². The fourth-order valence-corrected chi connectivity index (χ4v) is 1.91. The topological polar surface area (TPSA) is 48.0 Å². The normalized spacial score (nSPS) is 10.4. The van der Waals surface area contributed by atoms with E-state index in [9.17, 15) is 4.79 Å². The fraction of sp³-hybridized carbons (Fsp3) is 0.533. The highest BCUT2D eigenvalue weighted by Gasteiger charge is 2.12. The molecule has 0 radical (unpaired) electrons. The van der Waals surface area contributed by atoms with Crippen LogP contribution in [0.5, 0.6) is 11.5 Å². The van der Waals surface area contributed by atoms with Gasteiger partial charge in [-0.1, -0.05) is 13.0 Å². The lowest BCUT2D eigenvalue weighted by Gasteiger charge is -2.20. The molecular weight excluding hydrogens is 258 g/mol. The molecule has 0 atom stereocenters. The number of nitrogens with zero attached hydrogens (tertiary/aromatic N) is 1. The molecular formula is C15H23NO4. The zero-order valence-electron chi connectivity index (χ0n) is 12.6. The smallest absolute Gasteiger partial charge is 0.320 e. The van der Waals surface area contributed by atoms with Gasteiger partial charge in [0.15, 0.2) is 11.5 Å². The van der Waals surface area contributed by atoms with Gasteiger partial charge < -0.3 is 14.2 Å². The van der Waals surface area contributed by atoms with Gasteiger partial charge in [0.25, 0.3) is 0 Å². The summed E-state index contributed by atoms with van der Waals surface area (Å²) in [6, 6.07) is 5.76. The maximum Gasteiger partial charge on any atom is 0.320 e. The first-order valence-electron chi connectivity index (χ1n) is 6.73. The average molecular weight is 281 g/mol. The lowest BCUT2D eigenvalue weighted by molar-refractivity contribution is -0.144. The number of benzene rings is 1. The molecule has 1 rings (SSSR count). The van der Waals surface area contributed by atoms with Crippen molar-refractivity contribution in [3.05, 3.63) is 23.8 Å². The minimum atomic E-state index is -0.199. The van der Waals surface area contributed by atoms with Gasteiger partial charge in [0.05, 0.1) is 27.4 Å². The first kappa shape index (κ1) is 16.3. The first-order valence-corrected chi connectivity index (χ1v) is 6.73. The Balaban J connectivity index is 2.72. The molecule has 1 aromatic rings. The molecule has 0 N–H and O–H groups in total. The number of esters is 1. The van der Waals surface area contributed by atoms with Crippen molar-refractivity contribution >= 4 is 5.97 Å². The third-order valence-corrected chi connectivity index (χ3v) is 2.96. The number of rotatable bonds is 8. The molecule has 112 valence electrons. The molecule has 0 spiro atoms. The van der Waals surface area contributed by atoms with E-state index in [1.807, 2.05) is 36.9 Å². The minimum Gasteiger partial charge on any atom is -0.493 e. The highest BCUT2D eigenvalue weighted by atomic mass is 16.5. The van der Waals surface area contributed by atoms with Gasteiger partial charge in [0.2, 0.25) is 0 Å². The van der Waals surface area contributed by atoms with Gasteiger partial charge in [-0.05, 0) is 31.2 Å². The maximum absolute atomic E-state index is 11.5. The Kier molecular flexibility index (Phi) is 6.87. The monoisotopic (exact) mass is 281 g/mol. The second-order valence-corrected chi connectivity index (χ2v) is 4.30. The van der Waals surface area contributed by atoms with E-state index in [4.69, 9.17) is 14.2 Å². The standard InChI is InChI=1S/C15H23NO4/c1-5-16(11-15(17)20-6-2)10-12-7-8-13(18-3)14(9-12)19-4/h7-9H,5-6,10-11H2,1-4H3. The van der Waals surface area contributed by atoms with E-state index in [1.165, 1.54) is 0 Å². The fourth-order valence-electron chi connectivity index (χ4n) is 1.91. The van der Waals surface area contributed by atoms with Gasteiger partial charge in [-0.3, -0.25) is 9.69 Å². The van der Waals surface area contributed by atoms with Crippen molar-refractivity contribution in [1.29, 1.82) is 0 Å². The maximum atomic E-state index is 11.5. The van der Waals surface area contributed by atoms with Crippen LogP contribution in [0.15, 0.2) is 18.2 Å². The molecule has 0 saturated carbocycles. The second kappa shape index (κ2) is 8.43. The van der Waals surface area contributed by atoms with Crippen molar-refractivity contribution in [3.63, 3.8) is 0 Å². The van der Waals surface area contributed by atoms with Gasteiger partial charge in [-0.25, -0.2) is 0 Å². The molecule has 0 heterocycles. The Morgan fingerprint density at radius 1 is 1.15 bits per heavy atom. The van der Waals surface area contributed by atoms with Crippen LogP contribution in [0.25, 0.3) is 0 Å². The Hall–Kier alpha value is -1.75. The molecule has 0 aliphatic heterocycles. The summed E-state index contributed by atoms with van der Waals surface area (Å²) in [5.74, 6) is 1.19. The van der Waals surface area contributed by atoms with E-state index >= 15 is 0 Å². The van der Waals surface area contributed by atoms with Gasteiger partial charge in [0, 0.05) is 6.54 Å². The molecule has 0 amide bonds.